The van der Waals surface area contributed by atoms with Crippen LogP contribution in [-0.4, -0.2) is 34.7 Å². The first-order valence-corrected chi connectivity index (χ1v) is 6.46. The van der Waals surface area contributed by atoms with Crippen molar-refractivity contribution in [1.82, 2.24) is 20.8 Å². The molecule has 0 aliphatic rings. The van der Waals surface area contributed by atoms with Gasteiger partial charge in [-0.2, -0.15) is 4.98 Å². The second-order valence-electron chi connectivity index (χ2n) is 4.30. The van der Waals surface area contributed by atoms with E-state index in [-0.39, 0.29) is 18.0 Å². The Bertz CT molecular complexity index is 336. The Kier molecular flexibility index (Phi) is 6.35. The predicted molar refractivity (Wildman–Crippen MR) is 68.0 cm³/mol. The summed E-state index contributed by atoms with van der Waals surface area (Å²) in [5.41, 5.74) is 0. The number of nitrogens with one attached hydrogen (secondary N) is 2. The zero-order chi connectivity index (χ0) is 13.4. The summed E-state index contributed by atoms with van der Waals surface area (Å²) in [5, 5.41) is 9.86. The van der Waals surface area contributed by atoms with Crippen LogP contribution in [-0.2, 0) is 11.2 Å². The molecule has 6 heteroatoms. The number of hydrogen-bond donors (Lipinski definition) is 2. The molecule has 0 aliphatic carbocycles. The van der Waals surface area contributed by atoms with E-state index < -0.39 is 0 Å². The molecular formula is C12H22N4O2. The smallest absolute Gasteiger partial charge is 0.237 e. The van der Waals surface area contributed by atoms with Crippen LogP contribution >= 0.6 is 0 Å². The molecule has 0 radical (unpaired) electrons. The molecule has 18 heavy (non-hydrogen) atoms. The molecule has 1 unspecified atom stereocenters. The third-order valence-corrected chi connectivity index (χ3v) is 2.93. The molecular weight excluding hydrogens is 232 g/mol. The van der Waals surface area contributed by atoms with Crippen LogP contribution in [0, 0.1) is 0 Å². The van der Waals surface area contributed by atoms with Gasteiger partial charge < -0.3 is 15.2 Å². The summed E-state index contributed by atoms with van der Waals surface area (Å²) >= 11 is 0. The first-order chi connectivity index (χ1) is 8.67. The van der Waals surface area contributed by atoms with E-state index in [1.807, 2.05) is 6.92 Å². The van der Waals surface area contributed by atoms with Crippen molar-refractivity contribution in [3.63, 3.8) is 0 Å². The van der Waals surface area contributed by atoms with Crippen LogP contribution < -0.4 is 10.6 Å². The molecule has 1 rings (SSSR count). The van der Waals surface area contributed by atoms with Gasteiger partial charge in [0.05, 0.1) is 6.04 Å². The molecule has 0 spiro atoms. The Morgan fingerprint density at radius 1 is 1.44 bits per heavy atom. The van der Waals surface area contributed by atoms with E-state index >= 15 is 0 Å². The highest BCUT2D eigenvalue weighted by atomic mass is 16.5. The average Bonchev–Trinajstić information content (AvgIpc) is 2.88. The standard InChI is InChI=1S/C12H22N4O2/c1-4-10(5-2)15-12(17)9(3)13-7-6-11-14-8-18-16-11/h8-10,13H,4-7H2,1-3H3,(H,15,17). The molecule has 1 atom stereocenters. The van der Waals surface area contributed by atoms with E-state index in [0.29, 0.717) is 18.8 Å². The minimum atomic E-state index is -0.211. The van der Waals surface area contributed by atoms with Gasteiger partial charge in [0, 0.05) is 19.0 Å². The maximum Gasteiger partial charge on any atom is 0.237 e. The van der Waals surface area contributed by atoms with E-state index in [0.717, 1.165) is 12.8 Å². The lowest BCUT2D eigenvalue weighted by molar-refractivity contribution is -0.123. The number of hydrogen-bond acceptors (Lipinski definition) is 5. The zero-order valence-electron chi connectivity index (χ0n) is 11.3. The Morgan fingerprint density at radius 2 is 2.17 bits per heavy atom. The Morgan fingerprint density at radius 3 is 2.72 bits per heavy atom. The molecule has 1 aromatic rings. The minimum absolute atomic E-state index is 0.0387. The quantitative estimate of drug-likeness (QED) is 0.720. The van der Waals surface area contributed by atoms with Crippen LogP contribution in [0.5, 0.6) is 0 Å². The number of aromatic nitrogens is 2. The molecule has 0 fully saturated rings. The van der Waals surface area contributed by atoms with E-state index in [1.54, 1.807) is 0 Å². The van der Waals surface area contributed by atoms with E-state index in [2.05, 4.69) is 39.1 Å². The molecule has 1 amide bonds. The molecule has 0 aliphatic heterocycles. The lowest BCUT2D eigenvalue weighted by Crippen LogP contribution is -2.46. The van der Waals surface area contributed by atoms with Crippen molar-refractivity contribution >= 4 is 5.91 Å². The van der Waals surface area contributed by atoms with Gasteiger partial charge >= 0.3 is 0 Å². The van der Waals surface area contributed by atoms with Crippen molar-refractivity contribution in [2.24, 2.45) is 0 Å². The molecule has 1 heterocycles. The van der Waals surface area contributed by atoms with Gasteiger partial charge in [-0.1, -0.05) is 19.0 Å². The normalized spacial score (nSPS) is 12.7. The lowest BCUT2D eigenvalue weighted by atomic mass is 10.1. The highest BCUT2D eigenvalue weighted by Crippen LogP contribution is 1.97. The number of rotatable bonds is 8. The highest BCUT2D eigenvalue weighted by molar-refractivity contribution is 5.81. The highest BCUT2D eigenvalue weighted by Gasteiger charge is 2.15. The Labute approximate surface area is 108 Å². The van der Waals surface area contributed by atoms with E-state index in [9.17, 15) is 4.79 Å². The van der Waals surface area contributed by atoms with Crippen LogP contribution in [0.4, 0.5) is 0 Å². The molecule has 2 N–H and O–H groups in total. The number of carbonyl (C=O) groups excluding carboxylic acids is 1. The Balaban J connectivity index is 2.23. The summed E-state index contributed by atoms with van der Waals surface area (Å²) in [7, 11) is 0. The largest absolute Gasteiger partial charge is 0.352 e. The fraction of sp³-hybridized carbons (Fsp3) is 0.750. The van der Waals surface area contributed by atoms with Crippen LogP contribution in [0.25, 0.3) is 0 Å². The van der Waals surface area contributed by atoms with Crippen molar-refractivity contribution in [2.75, 3.05) is 6.54 Å². The first kappa shape index (κ1) is 14.6. The second kappa shape index (κ2) is 7.81. The Hall–Kier alpha value is -1.43. The summed E-state index contributed by atoms with van der Waals surface area (Å²) in [6, 6.07) is 0.0523. The average molecular weight is 254 g/mol. The fourth-order valence-corrected chi connectivity index (χ4v) is 1.61. The van der Waals surface area contributed by atoms with Crippen molar-refractivity contribution in [1.29, 1.82) is 0 Å². The van der Waals surface area contributed by atoms with Crippen molar-refractivity contribution < 1.29 is 9.32 Å². The van der Waals surface area contributed by atoms with Gasteiger partial charge in [-0.3, -0.25) is 4.79 Å². The molecule has 6 nitrogen and oxygen atoms in total. The third-order valence-electron chi connectivity index (χ3n) is 2.93. The van der Waals surface area contributed by atoms with Crippen molar-refractivity contribution in [3.05, 3.63) is 12.2 Å². The van der Waals surface area contributed by atoms with Gasteiger partial charge in [0.15, 0.2) is 5.82 Å². The van der Waals surface area contributed by atoms with Gasteiger partial charge in [0.2, 0.25) is 12.3 Å². The fourth-order valence-electron chi connectivity index (χ4n) is 1.61. The molecule has 0 saturated carbocycles. The maximum atomic E-state index is 11.8. The maximum absolute atomic E-state index is 11.8. The molecule has 102 valence electrons. The SMILES string of the molecule is CCC(CC)NC(=O)C(C)NCCc1ncon1. The zero-order valence-corrected chi connectivity index (χ0v) is 11.3. The van der Waals surface area contributed by atoms with Gasteiger partial charge in [-0.25, -0.2) is 0 Å². The molecule has 0 bridgehead atoms. The van der Waals surface area contributed by atoms with Gasteiger partial charge in [0.1, 0.15) is 0 Å². The molecule has 0 aromatic carbocycles. The van der Waals surface area contributed by atoms with E-state index in [1.165, 1.54) is 6.39 Å². The van der Waals surface area contributed by atoms with E-state index in [4.69, 9.17) is 0 Å². The van der Waals surface area contributed by atoms with Gasteiger partial charge in [-0.15, -0.1) is 0 Å². The van der Waals surface area contributed by atoms with Crippen LogP contribution in [0.2, 0.25) is 0 Å². The molecule has 0 saturated heterocycles. The second-order valence-corrected chi connectivity index (χ2v) is 4.30. The van der Waals surface area contributed by atoms with Crippen LogP contribution in [0.15, 0.2) is 10.9 Å². The van der Waals surface area contributed by atoms with Crippen molar-refractivity contribution in [3.8, 4) is 0 Å². The number of nitrogens with zero attached hydrogens (tertiary/aromatic N) is 2. The van der Waals surface area contributed by atoms with Crippen LogP contribution in [0.1, 0.15) is 39.4 Å². The van der Waals surface area contributed by atoms with Gasteiger partial charge in [0.25, 0.3) is 0 Å². The van der Waals surface area contributed by atoms with Crippen LogP contribution in [0.3, 0.4) is 0 Å². The summed E-state index contributed by atoms with van der Waals surface area (Å²) in [6.45, 7) is 6.65. The lowest BCUT2D eigenvalue weighted by Gasteiger charge is -2.19. The third kappa shape index (κ3) is 4.83. The first-order valence-electron chi connectivity index (χ1n) is 6.46. The molecule has 1 aromatic heterocycles. The predicted octanol–water partition coefficient (Wildman–Crippen LogP) is 0.895. The minimum Gasteiger partial charge on any atom is -0.352 e. The number of amides is 1. The summed E-state index contributed by atoms with van der Waals surface area (Å²) in [4.78, 5) is 15.8. The van der Waals surface area contributed by atoms with Crippen molar-refractivity contribution in [2.45, 2.75) is 52.1 Å². The summed E-state index contributed by atoms with van der Waals surface area (Å²) < 4.78 is 4.63. The topological polar surface area (TPSA) is 80.0 Å². The summed E-state index contributed by atoms with van der Waals surface area (Å²) in [6.07, 6.45) is 3.87. The van der Waals surface area contributed by atoms with Gasteiger partial charge in [-0.05, 0) is 19.8 Å². The summed E-state index contributed by atoms with van der Waals surface area (Å²) in [5.74, 6) is 0.687. The number of carbonyl (C=O) groups is 1. The monoisotopic (exact) mass is 254 g/mol.